The summed E-state index contributed by atoms with van der Waals surface area (Å²) in [4.78, 5) is 8.72. The molecule has 33 heavy (non-hydrogen) atoms. The summed E-state index contributed by atoms with van der Waals surface area (Å²) in [6.07, 6.45) is 0. The molecule has 7 nitrogen and oxygen atoms in total. The normalized spacial score (nSPS) is 11.2. The largest absolute Gasteiger partial charge is 0.437 e. The van der Waals surface area contributed by atoms with Gasteiger partial charge in [-0.3, -0.25) is 0 Å². The van der Waals surface area contributed by atoms with Crippen molar-refractivity contribution in [2.45, 2.75) is 18.7 Å². The van der Waals surface area contributed by atoms with Crippen molar-refractivity contribution in [1.82, 2.24) is 9.97 Å². The highest BCUT2D eigenvalue weighted by Crippen LogP contribution is 2.34. The molecule has 0 saturated carbocycles. The minimum Gasteiger partial charge on any atom is -0.437 e. The lowest BCUT2D eigenvalue weighted by Gasteiger charge is -2.14. The highest BCUT2D eigenvalue weighted by Gasteiger charge is 2.19. The first-order valence-corrected chi connectivity index (χ1v) is 11.9. The van der Waals surface area contributed by atoms with Gasteiger partial charge in [-0.05, 0) is 49.2 Å². The van der Waals surface area contributed by atoms with E-state index < -0.39 is 10.0 Å². The van der Waals surface area contributed by atoms with Gasteiger partial charge in [-0.1, -0.05) is 54.1 Å². The number of ether oxygens (including phenoxy) is 1. The van der Waals surface area contributed by atoms with Crippen LogP contribution in [0.2, 0.25) is 5.02 Å². The maximum atomic E-state index is 12.9. The Balaban J connectivity index is 1.80. The Kier molecular flexibility index (Phi) is 6.22. The summed E-state index contributed by atoms with van der Waals surface area (Å²) in [6, 6.07) is 20.6. The van der Waals surface area contributed by atoms with Gasteiger partial charge in [-0.2, -0.15) is 4.98 Å². The molecule has 3 N–H and O–H groups in total. The van der Waals surface area contributed by atoms with Gasteiger partial charge in [0.05, 0.1) is 15.6 Å². The molecule has 168 valence electrons. The van der Waals surface area contributed by atoms with Crippen molar-refractivity contribution in [3.8, 4) is 22.9 Å². The van der Waals surface area contributed by atoms with E-state index in [1.807, 2.05) is 50.2 Å². The van der Waals surface area contributed by atoms with Crippen LogP contribution in [0.5, 0.6) is 11.6 Å². The number of hydrogen-bond acceptors (Lipinski definition) is 6. The molecule has 0 aliphatic rings. The van der Waals surface area contributed by atoms with Crippen molar-refractivity contribution in [2.24, 2.45) is 0 Å². The Morgan fingerprint density at radius 3 is 2.36 bits per heavy atom. The van der Waals surface area contributed by atoms with Gasteiger partial charge in [0.1, 0.15) is 0 Å². The molecule has 4 aromatic rings. The fraction of sp³-hybridized carbons (Fsp3) is 0.0833. The Morgan fingerprint density at radius 2 is 1.64 bits per heavy atom. The van der Waals surface area contributed by atoms with Crippen LogP contribution in [0.15, 0.2) is 77.7 Å². The zero-order valence-electron chi connectivity index (χ0n) is 17.9. The number of rotatable bonds is 6. The van der Waals surface area contributed by atoms with Gasteiger partial charge in [-0.25, -0.2) is 18.1 Å². The summed E-state index contributed by atoms with van der Waals surface area (Å²) in [5.41, 5.74) is 9.14. The van der Waals surface area contributed by atoms with Crippen LogP contribution in [-0.2, 0) is 10.0 Å². The number of aryl methyl sites for hydroxylation is 2. The first kappa shape index (κ1) is 22.6. The van der Waals surface area contributed by atoms with Crippen LogP contribution < -0.4 is 15.2 Å². The summed E-state index contributed by atoms with van der Waals surface area (Å²) in [6.45, 7) is 3.79. The van der Waals surface area contributed by atoms with Gasteiger partial charge in [0, 0.05) is 17.3 Å². The van der Waals surface area contributed by atoms with Crippen LogP contribution >= 0.6 is 11.6 Å². The molecule has 0 bridgehead atoms. The van der Waals surface area contributed by atoms with E-state index in [-0.39, 0.29) is 16.7 Å². The molecule has 0 aliphatic carbocycles. The number of halogens is 1. The summed E-state index contributed by atoms with van der Waals surface area (Å²) in [5.74, 6) is 0.431. The second-order valence-electron chi connectivity index (χ2n) is 7.40. The molecular weight excluding hydrogens is 460 g/mol. The van der Waals surface area contributed by atoms with Gasteiger partial charge in [-0.15, -0.1) is 0 Å². The molecule has 0 unspecified atom stereocenters. The van der Waals surface area contributed by atoms with Crippen LogP contribution in [-0.4, -0.2) is 18.4 Å². The van der Waals surface area contributed by atoms with Crippen molar-refractivity contribution in [1.29, 1.82) is 0 Å². The number of sulfonamides is 1. The summed E-state index contributed by atoms with van der Waals surface area (Å²) >= 11 is 6.31. The lowest BCUT2D eigenvalue weighted by atomic mass is 10.1. The lowest BCUT2D eigenvalue weighted by molar-refractivity contribution is 0.459. The minimum absolute atomic E-state index is 0.00295. The van der Waals surface area contributed by atoms with E-state index in [0.717, 1.165) is 16.7 Å². The lowest BCUT2D eigenvalue weighted by Crippen LogP contribution is -2.16. The predicted octanol–water partition coefficient (Wildman–Crippen LogP) is 5.59. The van der Waals surface area contributed by atoms with Crippen LogP contribution in [0, 0.1) is 13.8 Å². The average Bonchev–Trinajstić information content (AvgIpc) is 2.76. The van der Waals surface area contributed by atoms with Gasteiger partial charge in [0.2, 0.25) is 11.8 Å². The molecule has 9 heteroatoms. The van der Waals surface area contributed by atoms with Gasteiger partial charge < -0.3 is 10.5 Å². The third-order valence-electron chi connectivity index (χ3n) is 4.89. The van der Waals surface area contributed by atoms with E-state index in [2.05, 4.69) is 14.7 Å². The van der Waals surface area contributed by atoms with E-state index in [4.69, 9.17) is 22.1 Å². The smallest absolute Gasteiger partial charge is 0.264 e. The summed E-state index contributed by atoms with van der Waals surface area (Å²) < 4.78 is 34.3. The highest BCUT2D eigenvalue weighted by atomic mass is 35.5. The third kappa shape index (κ3) is 5.08. The van der Waals surface area contributed by atoms with E-state index in [9.17, 15) is 8.42 Å². The van der Waals surface area contributed by atoms with Crippen molar-refractivity contribution in [3.63, 3.8) is 0 Å². The van der Waals surface area contributed by atoms with Crippen molar-refractivity contribution < 1.29 is 13.2 Å². The maximum absolute atomic E-state index is 12.9. The second kappa shape index (κ2) is 9.09. The van der Waals surface area contributed by atoms with Gasteiger partial charge >= 0.3 is 0 Å². The number of para-hydroxylation sites is 1. The van der Waals surface area contributed by atoms with Crippen molar-refractivity contribution >= 4 is 33.3 Å². The Morgan fingerprint density at radius 1 is 0.909 bits per heavy atom. The molecule has 0 radical (unpaired) electrons. The molecule has 4 rings (SSSR count). The standard InChI is InChI=1S/C24H21ClN4O3S/c1-15-7-3-4-11-19(15)21-14-22(32-23-16(2)8-5-12-20(23)25)28-24(27-21)29-33(30,31)18-10-6-9-17(26)13-18/h3-14H,26H2,1-2H3,(H,27,28,29). The van der Waals surface area contributed by atoms with Crippen LogP contribution in [0.4, 0.5) is 11.6 Å². The molecule has 1 aromatic heterocycles. The zero-order valence-corrected chi connectivity index (χ0v) is 19.5. The van der Waals surface area contributed by atoms with Crippen LogP contribution in [0.1, 0.15) is 11.1 Å². The average molecular weight is 481 g/mol. The van der Waals surface area contributed by atoms with E-state index in [1.165, 1.54) is 12.1 Å². The molecule has 0 fully saturated rings. The molecular formula is C24H21ClN4O3S. The molecule has 0 saturated heterocycles. The van der Waals surface area contributed by atoms with Gasteiger partial charge in [0.15, 0.2) is 5.75 Å². The first-order valence-electron chi connectivity index (χ1n) is 9.99. The minimum atomic E-state index is -3.99. The predicted molar refractivity (Wildman–Crippen MR) is 130 cm³/mol. The fourth-order valence-corrected chi connectivity index (χ4v) is 4.49. The Bertz CT molecular complexity index is 1420. The number of hydrogen-bond donors (Lipinski definition) is 2. The molecule has 0 amide bonds. The first-order chi connectivity index (χ1) is 15.7. The molecule has 3 aromatic carbocycles. The van der Waals surface area contributed by atoms with E-state index in [1.54, 1.807) is 24.3 Å². The summed E-state index contributed by atoms with van der Waals surface area (Å²) in [5, 5.41) is 0.410. The number of nitrogen functional groups attached to an aromatic ring is 1. The number of benzene rings is 3. The zero-order chi connectivity index (χ0) is 23.6. The Hall–Kier alpha value is -3.62. The molecule has 0 spiro atoms. The Labute approximate surface area is 197 Å². The van der Waals surface area contributed by atoms with Crippen molar-refractivity contribution in [3.05, 3.63) is 88.9 Å². The second-order valence-corrected chi connectivity index (χ2v) is 9.49. The SMILES string of the molecule is Cc1ccccc1-c1cc(Oc2c(C)cccc2Cl)nc(NS(=O)(=O)c2cccc(N)c2)n1. The number of anilines is 2. The van der Waals surface area contributed by atoms with Crippen molar-refractivity contribution in [2.75, 3.05) is 10.5 Å². The molecule has 0 atom stereocenters. The molecule has 1 heterocycles. The number of nitrogens with two attached hydrogens (primary N) is 1. The topological polar surface area (TPSA) is 107 Å². The maximum Gasteiger partial charge on any atom is 0.264 e. The summed E-state index contributed by atoms with van der Waals surface area (Å²) in [7, 11) is -3.99. The van der Waals surface area contributed by atoms with Crippen LogP contribution in [0.25, 0.3) is 11.3 Å². The number of nitrogens with one attached hydrogen (secondary N) is 1. The third-order valence-corrected chi connectivity index (χ3v) is 6.51. The number of aromatic nitrogens is 2. The van der Waals surface area contributed by atoms with Crippen LogP contribution in [0.3, 0.4) is 0 Å². The quantitative estimate of drug-likeness (QED) is 0.348. The fourth-order valence-electron chi connectivity index (χ4n) is 3.23. The van der Waals surface area contributed by atoms with Gasteiger partial charge in [0.25, 0.3) is 10.0 Å². The monoisotopic (exact) mass is 480 g/mol. The highest BCUT2D eigenvalue weighted by molar-refractivity contribution is 7.92. The molecule has 0 aliphatic heterocycles. The van der Waals surface area contributed by atoms with E-state index >= 15 is 0 Å². The number of nitrogens with zero attached hydrogens (tertiary/aromatic N) is 2. The van der Waals surface area contributed by atoms with E-state index in [0.29, 0.717) is 22.2 Å².